The Bertz CT molecular complexity index is 334. The highest BCUT2D eigenvalue weighted by atomic mass is 19.1. The molecule has 12 heavy (non-hydrogen) atoms. The van der Waals surface area contributed by atoms with Crippen molar-refractivity contribution in [3.05, 3.63) is 23.5 Å². The van der Waals surface area contributed by atoms with Gasteiger partial charge < -0.3 is 15.3 Å². The highest BCUT2D eigenvalue weighted by molar-refractivity contribution is 5.91. The minimum absolute atomic E-state index is 0.578. The van der Waals surface area contributed by atoms with Gasteiger partial charge in [-0.1, -0.05) is 0 Å². The second-order valence-corrected chi connectivity index (χ2v) is 2.10. The molecule has 0 bridgehead atoms. The average molecular weight is 172 g/mol. The summed E-state index contributed by atoms with van der Waals surface area (Å²) in [7, 11) is 0. The standard InChI is InChI=1S/C7H5FO4/c8-5-4(9)2-1-3(6(5)10)7(11)12/h1-2,9-10H,(H,11,12). The van der Waals surface area contributed by atoms with E-state index in [1.807, 2.05) is 0 Å². The predicted octanol–water partition coefficient (Wildman–Crippen LogP) is 0.935. The van der Waals surface area contributed by atoms with Crippen molar-refractivity contribution in [1.29, 1.82) is 0 Å². The molecule has 4 nitrogen and oxygen atoms in total. The monoisotopic (exact) mass is 172 g/mol. The Balaban J connectivity index is 3.36. The minimum atomic E-state index is -1.45. The van der Waals surface area contributed by atoms with Crippen molar-refractivity contribution >= 4 is 5.97 Å². The van der Waals surface area contributed by atoms with Crippen molar-refractivity contribution in [2.45, 2.75) is 0 Å². The van der Waals surface area contributed by atoms with Gasteiger partial charge in [-0.15, -0.1) is 0 Å². The second kappa shape index (κ2) is 2.69. The third-order valence-corrected chi connectivity index (χ3v) is 1.33. The number of hydrogen-bond donors (Lipinski definition) is 3. The van der Waals surface area contributed by atoms with E-state index in [0.29, 0.717) is 0 Å². The summed E-state index contributed by atoms with van der Waals surface area (Å²) in [6.07, 6.45) is 0. The van der Waals surface area contributed by atoms with Gasteiger partial charge in [0.1, 0.15) is 5.56 Å². The summed E-state index contributed by atoms with van der Waals surface area (Å²) in [5.41, 5.74) is -0.578. The van der Waals surface area contributed by atoms with Gasteiger partial charge in [0.15, 0.2) is 11.5 Å². The van der Waals surface area contributed by atoms with Crippen LogP contribution in [-0.2, 0) is 0 Å². The smallest absolute Gasteiger partial charge is 0.339 e. The fourth-order valence-corrected chi connectivity index (χ4v) is 0.726. The fourth-order valence-electron chi connectivity index (χ4n) is 0.726. The van der Waals surface area contributed by atoms with Crippen LogP contribution in [0.1, 0.15) is 10.4 Å². The van der Waals surface area contributed by atoms with Crippen molar-refractivity contribution in [1.82, 2.24) is 0 Å². The van der Waals surface area contributed by atoms with Crippen LogP contribution in [0, 0.1) is 5.82 Å². The molecule has 3 N–H and O–H groups in total. The van der Waals surface area contributed by atoms with Crippen molar-refractivity contribution in [2.24, 2.45) is 0 Å². The van der Waals surface area contributed by atoms with Gasteiger partial charge in [0, 0.05) is 0 Å². The number of carbonyl (C=O) groups is 1. The van der Waals surface area contributed by atoms with E-state index in [9.17, 15) is 9.18 Å². The molecule has 0 spiro atoms. The van der Waals surface area contributed by atoms with Crippen LogP contribution in [0.2, 0.25) is 0 Å². The Morgan fingerprint density at radius 1 is 1.33 bits per heavy atom. The van der Waals surface area contributed by atoms with Crippen molar-refractivity contribution in [3.8, 4) is 11.5 Å². The van der Waals surface area contributed by atoms with E-state index in [2.05, 4.69) is 0 Å². The Kier molecular flexibility index (Phi) is 1.86. The van der Waals surface area contributed by atoms with E-state index in [1.165, 1.54) is 0 Å². The predicted molar refractivity (Wildman–Crippen MR) is 36.7 cm³/mol. The molecule has 0 aliphatic carbocycles. The molecule has 0 aromatic heterocycles. The molecule has 5 heteroatoms. The molecule has 0 unspecified atom stereocenters. The molecule has 0 atom stereocenters. The third kappa shape index (κ3) is 1.16. The Morgan fingerprint density at radius 3 is 2.42 bits per heavy atom. The van der Waals surface area contributed by atoms with E-state index in [-0.39, 0.29) is 0 Å². The van der Waals surface area contributed by atoms with Crippen molar-refractivity contribution in [3.63, 3.8) is 0 Å². The molecule has 0 fully saturated rings. The average Bonchev–Trinajstić information content (AvgIpc) is 2.00. The van der Waals surface area contributed by atoms with Crippen LogP contribution in [0.3, 0.4) is 0 Å². The molecule has 1 rings (SSSR count). The lowest BCUT2D eigenvalue weighted by Crippen LogP contribution is -1.97. The Hall–Kier alpha value is -1.78. The Labute approximate surface area is 66.5 Å². The number of hydrogen-bond acceptors (Lipinski definition) is 3. The third-order valence-electron chi connectivity index (χ3n) is 1.33. The molecular weight excluding hydrogens is 167 g/mol. The van der Waals surface area contributed by atoms with Crippen LogP contribution < -0.4 is 0 Å². The first-order chi connectivity index (χ1) is 5.54. The first-order valence-corrected chi connectivity index (χ1v) is 2.97. The zero-order chi connectivity index (χ0) is 9.30. The SMILES string of the molecule is O=C(O)c1ccc(O)c(F)c1O. The summed E-state index contributed by atoms with van der Waals surface area (Å²) in [5, 5.41) is 25.9. The topological polar surface area (TPSA) is 77.8 Å². The quantitative estimate of drug-likeness (QED) is 0.588. The number of phenolic OH excluding ortho intramolecular Hbond substituents is 1. The molecule has 64 valence electrons. The lowest BCUT2D eigenvalue weighted by Gasteiger charge is -2.01. The van der Waals surface area contributed by atoms with E-state index < -0.39 is 28.8 Å². The summed E-state index contributed by atoms with van der Waals surface area (Å²) in [5.74, 6) is -4.61. The molecule has 0 heterocycles. The van der Waals surface area contributed by atoms with Gasteiger partial charge in [0.2, 0.25) is 5.82 Å². The lowest BCUT2D eigenvalue weighted by molar-refractivity contribution is 0.0692. The maximum atomic E-state index is 12.6. The van der Waals surface area contributed by atoms with Crippen LogP contribution in [0.5, 0.6) is 11.5 Å². The first-order valence-electron chi connectivity index (χ1n) is 2.97. The maximum absolute atomic E-state index is 12.6. The molecule has 0 aliphatic heterocycles. The molecule has 0 saturated heterocycles. The maximum Gasteiger partial charge on any atom is 0.339 e. The normalized spacial score (nSPS) is 9.75. The van der Waals surface area contributed by atoms with E-state index >= 15 is 0 Å². The highest BCUT2D eigenvalue weighted by Crippen LogP contribution is 2.28. The largest absolute Gasteiger partial charge is 0.505 e. The van der Waals surface area contributed by atoms with Crippen LogP contribution >= 0.6 is 0 Å². The molecule has 1 aromatic rings. The van der Waals surface area contributed by atoms with E-state index in [0.717, 1.165) is 12.1 Å². The van der Waals surface area contributed by atoms with Crippen molar-refractivity contribution in [2.75, 3.05) is 0 Å². The lowest BCUT2D eigenvalue weighted by atomic mass is 10.2. The molecular formula is C7H5FO4. The summed E-state index contributed by atoms with van der Waals surface area (Å²) < 4.78 is 12.6. The molecule has 0 saturated carbocycles. The van der Waals surface area contributed by atoms with Gasteiger partial charge in [-0.05, 0) is 12.1 Å². The summed E-state index contributed by atoms with van der Waals surface area (Å²) >= 11 is 0. The number of carboxylic acids is 1. The zero-order valence-corrected chi connectivity index (χ0v) is 5.78. The van der Waals surface area contributed by atoms with Crippen LogP contribution in [-0.4, -0.2) is 21.3 Å². The number of rotatable bonds is 1. The van der Waals surface area contributed by atoms with Crippen molar-refractivity contribution < 1.29 is 24.5 Å². The molecule has 0 aliphatic rings. The summed E-state index contributed by atoms with van der Waals surface area (Å²) in [6, 6.07) is 1.77. The number of carboxylic acid groups (broad SMARTS) is 1. The Morgan fingerprint density at radius 2 is 1.92 bits per heavy atom. The highest BCUT2D eigenvalue weighted by Gasteiger charge is 2.16. The summed E-state index contributed by atoms with van der Waals surface area (Å²) in [6.45, 7) is 0. The number of halogens is 1. The second-order valence-electron chi connectivity index (χ2n) is 2.10. The molecule has 0 amide bonds. The van der Waals surface area contributed by atoms with Gasteiger partial charge in [0.05, 0.1) is 0 Å². The number of aromatic hydroxyl groups is 2. The van der Waals surface area contributed by atoms with Gasteiger partial charge in [-0.2, -0.15) is 4.39 Å². The molecule has 0 radical (unpaired) electrons. The fraction of sp³-hybridized carbons (Fsp3) is 0. The van der Waals surface area contributed by atoms with Gasteiger partial charge in [-0.3, -0.25) is 0 Å². The van der Waals surface area contributed by atoms with Crippen LogP contribution in [0.25, 0.3) is 0 Å². The van der Waals surface area contributed by atoms with E-state index in [4.69, 9.17) is 15.3 Å². The molecule has 1 aromatic carbocycles. The number of phenols is 2. The zero-order valence-electron chi connectivity index (χ0n) is 5.78. The van der Waals surface area contributed by atoms with Crippen LogP contribution in [0.15, 0.2) is 12.1 Å². The number of benzene rings is 1. The minimum Gasteiger partial charge on any atom is -0.505 e. The van der Waals surface area contributed by atoms with Gasteiger partial charge >= 0.3 is 5.97 Å². The number of aromatic carboxylic acids is 1. The van der Waals surface area contributed by atoms with E-state index in [1.54, 1.807) is 0 Å². The summed E-state index contributed by atoms with van der Waals surface area (Å²) in [4.78, 5) is 10.3. The van der Waals surface area contributed by atoms with Crippen LogP contribution in [0.4, 0.5) is 4.39 Å². The van der Waals surface area contributed by atoms with Gasteiger partial charge in [0.25, 0.3) is 0 Å². The van der Waals surface area contributed by atoms with Gasteiger partial charge in [-0.25, -0.2) is 4.79 Å². The first kappa shape index (κ1) is 8.32.